The minimum atomic E-state index is -0.901. The van der Waals surface area contributed by atoms with E-state index in [-0.39, 0.29) is 47.7 Å². The Hall–Kier alpha value is -1.65. The van der Waals surface area contributed by atoms with Crippen LogP contribution in [0.5, 0.6) is 0 Å². The second-order valence-electron chi connectivity index (χ2n) is 10.2. The highest BCUT2D eigenvalue weighted by atomic mass is 16.6. The lowest BCUT2D eigenvalue weighted by Crippen LogP contribution is -2.62. The number of Topliss-reactive ketones (excluding diaryl/α,β-unsaturated/α-hetero) is 1. The third-order valence-electron chi connectivity index (χ3n) is 8.39. The van der Waals surface area contributed by atoms with E-state index in [2.05, 4.69) is 19.1 Å². The summed E-state index contributed by atoms with van der Waals surface area (Å²) in [6.45, 7) is 5.89. The molecule has 1 unspecified atom stereocenters. The molecular formula is C23H30O5. The molecule has 3 saturated carbocycles. The van der Waals surface area contributed by atoms with Gasteiger partial charge in [0.05, 0.1) is 5.92 Å². The molecule has 0 aromatic heterocycles. The van der Waals surface area contributed by atoms with Gasteiger partial charge in [0.25, 0.3) is 0 Å². The molecule has 6 aliphatic rings. The zero-order chi connectivity index (χ0) is 19.8. The predicted molar refractivity (Wildman–Crippen MR) is 101 cm³/mol. The predicted octanol–water partition coefficient (Wildman–Crippen LogP) is 3.31. The summed E-state index contributed by atoms with van der Waals surface area (Å²) in [4.78, 5) is 38.0. The van der Waals surface area contributed by atoms with Crippen molar-refractivity contribution in [3.05, 3.63) is 12.2 Å². The summed E-state index contributed by atoms with van der Waals surface area (Å²) in [5.74, 6) is 1.28. The molecule has 2 heterocycles. The molecule has 5 nitrogen and oxygen atoms in total. The number of ether oxygens (including phenoxy) is 2. The summed E-state index contributed by atoms with van der Waals surface area (Å²) >= 11 is 0. The first kappa shape index (κ1) is 18.4. The van der Waals surface area contributed by atoms with Crippen LogP contribution < -0.4 is 0 Å². The van der Waals surface area contributed by atoms with E-state index >= 15 is 0 Å². The quantitative estimate of drug-likeness (QED) is 0.414. The van der Waals surface area contributed by atoms with Gasteiger partial charge < -0.3 is 9.47 Å². The van der Waals surface area contributed by atoms with Gasteiger partial charge in [0, 0.05) is 12.3 Å². The van der Waals surface area contributed by atoms with Gasteiger partial charge in [-0.3, -0.25) is 14.4 Å². The molecular weight excluding hydrogens is 356 g/mol. The van der Waals surface area contributed by atoms with Crippen LogP contribution in [0.2, 0.25) is 0 Å². The summed E-state index contributed by atoms with van der Waals surface area (Å²) in [5.41, 5.74) is -0.901. The summed E-state index contributed by atoms with van der Waals surface area (Å²) in [6.07, 6.45) is 8.02. The number of hydrogen-bond donors (Lipinski definition) is 0. The van der Waals surface area contributed by atoms with Gasteiger partial charge in [0.1, 0.15) is 17.6 Å². The van der Waals surface area contributed by atoms with E-state index in [1.54, 1.807) is 0 Å². The van der Waals surface area contributed by atoms with Gasteiger partial charge >= 0.3 is 11.9 Å². The van der Waals surface area contributed by atoms with Crippen LogP contribution in [0, 0.1) is 46.8 Å². The third kappa shape index (κ3) is 2.40. The Labute approximate surface area is 166 Å². The standard InChI is InChI=1S/C23H30O5/c1-11(2)21(25)28-20-12(3)6-17-16(20)5-4-13-7-14-8-15-9-19(24)23(14,10-18(13)17)22(26)27-15/h4-5,11-18,20H,6-10H2,1-3H3/t12-,13+,14?,15+,16-,17-,18-,20+,23-/m1/s1. The molecule has 6 rings (SSSR count). The van der Waals surface area contributed by atoms with Crippen LogP contribution >= 0.6 is 0 Å². The van der Waals surface area contributed by atoms with Crippen molar-refractivity contribution in [2.45, 2.75) is 65.1 Å². The first-order chi connectivity index (χ1) is 13.3. The maximum Gasteiger partial charge on any atom is 0.320 e. The average molecular weight is 386 g/mol. The molecule has 0 aromatic rings. The highest BCUT2D eigenvalue weighted by Crippen LogP contribution is 2.61. The number of carbonyl (C=O) groups is 3. The van der Waals surface area contributed by atoms with Crippen molar-refractivity contribution in [1.82, 2.24) is 0 Å². The fourth-order valence-electron chi connectivity index (χ4n) is 7.02. The van der Waals surface area contributed by atoms with Gasteiger partial charge in [-0.05, 0) is 55.3 Å². The Balaban J connectivity index is 1.44. The molecule has 4 aliphatic carbocycles. The van der Waals surface area contributed by atoms with Crippen LogP contribution in [0.1, 0.15) is 52.9 Å². The zero-order valence-electron chi connectivity index (χ0n) is 16.9. The summed E-state index contributed by atoms with van der Waals surface area (Å²) in [7, 11) is 0. The average Bonchev–Trinajstić information content (AvgIpc) is 2.95. The van der Waals surface area contributed by atoms with E-state index in [1.807, 2.05) is 13.8 Å². The topological polar surface area (TPSA) is 69.7 Å². The number of esters is 2. The first-order valence-electron chi connectivity index (χ1n) is 10.9. The van der Waals surface area contributed by atoms with Crippen molar-refractivity contribution < 1.29 is 23.9 Å². The van der Waals surface area contributed by atoms with Gasteiger partial charge in [-0.25, -0.2) is 0 Å². The van der Waals surface area contributed by atoms with Crippen LogP contribution in [-0.4, -0.2) is 29.9 Å². The molecule has 9 atom stereocenters. The highest BCUT2D eigenvalue weighted by Gasteiger charge is 2.66. The number of ketones is 1. The summed E-state index contributed by atoms with van der Waals surface area (Å²) < 4.78 is 11.5. The van der Waals surface area contributed by atoms with Crippen LogP contribution in [0.3, 0.4) is 0 Å². The molecule has 0 aromatic carbocycles. The lowest BCUT2D eigenvalue weighted by molar-refractivity contribution is -0.202. The fraction of sp³-hybridized carbons (Fsp3) is 0.783. The van der Waals surface area contributed by atoms with Crippen LogP contribution in [0.15, 0.2) is 12.2 Å². The second-order valence-corrected chi connectivity index (χ2v) is 10.2. The van der Waals surface area contributed by atoms with Gasteiger partial charge in [0.15, 0.2) is 5.78 Å². The van der Waals surface area contributed by atoms with Crippen molar-refractivity contribution in [3.8, 4) is 0 Å². The van der Waals surface area contributed by atoms with Gasteiger partial charge in [0.2, 0.25) is 0 Å². The number of carbonyl (C=O) groups excluding carboxylic acids is 3. The number of fused-ring (bicyclic) bond motifs is 5. The van der Waals surface area contributed by atoms with Crippen molar-refractivity contribution in [2.75, 3.05) is 0 Å². The van der Waals surface area contributed by atoms with E-state index in [1.165, 1.54) is 0 Å². The van der Waals surface area contributed by atoms with Gasteiger partial charge in [-0.1, -0.05) is 32.9 Å². The Bertz CT molecular complexity index is 734. The Morgan fingerprint density at radius 1 is 1.18 bits per heavy atom. The lowest BCUT2D eigenvalue weighted by Gasteiger charge is -2.56. The molecule has 2 bridgehead atoms. The smallest absolute Gasteiger partial charge is 0.320 e. The molecule has 0 amide bonds. The van der Waals surface area contributed by atoms with Crippen LogP contribution in [0.25, 0.3) is 0 Å². The molecule has 28 heavy (non-hydrogen) atoms. The van der Waals surface area contributed by atoms with Crippen molar-refractivity contribution >= 4 is 17.7 Å². The monoisotopic (exact) mass is 386 g/mol. The van der Waals surface area contributed by atoms with E-state index < -0.39 is 5.41 Å². The van der Waals surface area contributed by atoms with E-state index in [0.717, 1.165) is 19.3 Å². The molecule has 1 spiro atoms. The van der Waals surface area contributed by atoms with Crippen LogP contribution in [0.4, 0.5) is 0 Å². The largest absolute Gasteiger partial charge is 0.461 e. The van der Waals surface area contributed by atoms with Gasteiger partial charge in [-0.15, -0.1) is 0 Å². The normalized spacial score (nSPS) is 48.7. The van der Waals surface area contributed by atoms with E-state index in [0.29, 0.717) is 36.5 Å². The Morgan fingerprint density at radius 3 is 2.68 bits per heavy atom. The minimum absolute atomic E-state index is 0.0999. The second kappa shape index (κ2) is 6.17. The van der Waals surface area contributed by atoms with Crippen molar-refractivity contribution in [3.63, 3.8) is 0 Å². The molecule has 2 aliphatic heterocycles. The highest BCUT2D eigenvalue weighted by molar-refractivity contribution is 6.07. The molecule has 5 heteroatoms. The van der Waals surface area contributed by atoms with E-state index in [4.69, 9.17) is 9.47 Å². The molecule has 5 fully saturated rings. The van der Waals surface area contributed by atoms with Crippen molar-refractivity contribution in [2.24, 2.45) is 46.8 Å². The summed E-state index contributed by atoms with van der Waals surface area (Å²) in [6, 6.07) is 0. The van der Waals surface area contributed by atoms with Gasteiger partial charge in [-0.2, -0.15) is 0 Å². The number of rotatable bonds is 2. The first-order valence-corrected chi connectivity index (χ1v) is 10.9. The maximum atomic E-state index is 12.9. The number of hydrogen-bond acceptors (Lipinski definition) is 5. The molecule has 152 valence electrons. The Morgan fingerprint density at radius 2 is 1.96 bits per heavy atom. The zero-order valence-corrected chi connectivity index (χ0v) is 16.9. The van der Waals surface area contributed by atoms with Crippen LogP contribution in [-0.2, 0) is 23.9 Å². The summed E-state index contributed by atoms with van der Waals surface area (Å²) in [5, 5.41) is 0. The molecule has 0 radical (unpaired) electrons. The maximum absolute atomic E-state index is 12.9. The molecule has 2 saturated heterocycles. The molecule has 0 N–H and O–H groups in total. The third-order valence-corrected chi connectivity index (χ3v) is 8.39. The lowest BCUT2D eigenvalue weighted by atomic mass is 9.49. The SMILES string of the molecule is CC(C)C(=O)O[C@@H]1[C@@H]2C=C[C@H]3CC4C[C@H]5CC(=O)[C@]4(C[C@H]3[C@@H]2C[C@H]1C)C(=O)O5. The number of allylic oxidation sites excluding steroid dienone is 1. The fourth-order valence-corrected chi connectivity index (χ4v) is 7.02. The minimum Gasteiger partial charge on any atom is -0.461 e. The van der Waals surface area contributed by atoms with Crippen molar-refractivity contribution in [1.29, 1.82) is 0 Å². The van der Waals surface area contributed by atoms with E-state index in [9.17, 15) is 14.4 Å². The Kier molecular flexibility index (Phi) is 4.05.